The number of carbonyl (C=O) groups excluding carboxylic acids is 1. The van der Waals surface area contributed by atoms with Gasteiger partial charge in [-0.1, -0.05) is 31.1 Å². The second kappa shape index (κ2) is 6.95. The average molecular weight is 329 g/mol. The molecular weight excluding hydrogens is 309 g/mol. The van der Waals surface area contributed by atoms with Crippen molar-refractivity contribution in [3.05, 3.63) is 53.4 Å². The predicted octanol–water partition coefficient (Wildman–Crippen LogP) is 3.61. The Morgan fingerprint density at radius 2 is 2.04 bits per heavy atom. The molecule has 1 aromatic heterocycles. The molecule has 0 saturated heterocycles. The van der Waals surface area contributed by atoms with Crippen LogP contribution in [0.15, 0.2) is 34.9 Å². The first-order valence-electron chi connectivity index (χ1n) is 8.10. The van der Waals surface area contributed by atoms with Crippen molar-refractivity contribution in [1.29, 1.82) is 0 Å². The summed E-state index contributed by atoms with van der Waals surface area (Å²) in [5, 5.41) is 6.89. The number of hydrogen-bond donors (Lipinski definition) is 1. The smallest absolute Gasteiger partial charge is 0.249 e. The van der Waals surface area contributed by atoms with E-state index < -0.39 is 0 Å². The molecular formula is C18H20FN3O2. The van der Waals surface area contributed by atoms with E-state index in [2.05, 4.69) is 15.5 Å². The van der Waals surface area contributed by atoms with Gasteiger partial charge in [-0.3, -0.25) is 4.79 Å². The predicted molar refractivity (Wildman–Crippen MR) is 87.4 cm³/mol. The van der Waals surface area contributed by atoms with Crippen molar-refractivity contribution in [1.82, 2.24) is 15.5 Å². The van der Waals surface area contributed by atoms with Gasteiger partial charge in [0.15, 0.2) is 5.82 Å². The summed E-state index contributed by atoms with van der Waals surface area (Å²) in [5.41, 5.74) is 0.751. The van der Waals surface area contributed by atoms with Crippen LogP contribution in [0.2, 0.25) is 0 Å². The molecule has 1 N–H and O–H groups in total. The fourth-order valence-electron chi connectivity index (χ4n) is 2.34. The first-order valence-corrected chi connectivity index (χ1v) is 8.10. The Bertz CT molecular complexity index is 733. The molecule has 5 nitrogen and oxygen atoms in total. The summed E-state index contributed by atoms with van der Waals surface area (Å²) in [6.07, 6.45) is 5.24. The Hall–Kier alpha value is -2.50. The van der Waals surface area contributed by atoms with Crippen LogP contribution in [0.4, 0.5) is 4.39 Å². The van der Waals surface area contributed by atoms with Crippen LogP contribution < -0.4 is 5.32 Å². The lowest BCUT2D eigenvalue weighted by molar-refractivity contribution is -0.117. The van der Waals surface area contributed by atoms with E-state index in [1.54, 1.807) is 18.2 Å². The maximum absolute atomic E-state index is 12.9. The van der Waals surface area contributed by atoms with E-state index >= 15 is 0 Å². The molecule has 1 heterocycles. The molecule has 1 aliphatic carbocycles. The molecule has 6 heteroatoms. The zero-order valence-electron chi connectivity index (χ0n) is 13.7. The molecule has 1 unspecified atom stereocenters. The van der Waals surface area contributed by atoms with Crippen LogP contribution in [0.25, 0.3) is 6.08 Å². The molecule has 3 rings (SSSR count). The molecule has 0 radical (unpaired) electrons. The molecule has 1 atom stereocenters. The highest BCUT2D eigenvalue weighted by molar-refractivity contribution is 5.91. The number of amides is 1. The maximum Gasteiger partial charge on any atom is 0.249 e. The van der Waals surface area contributed by atoms with Crippen molar-refractivity contribution in [3.63, 3.8) is 0 Å². The quantitative estimate of drug-likeness (QED) is 0.822. The Morgan fingerprint density at radius 1 is 1.33 bits per heavy atom. The second-order valence-corrected chi connectivity index (χ2v) is 6.38. The highest BCUT2D eigenvalue weighted by Crippen LogP contribution is 2.38. The van der Waals surface area contributed by atoms with Crippen LogP contribution in [0.1, 0.15) is 55.9 Å². The maximum atomic E-state index is 12.9. The molecule has 1 aliphatic rings. The minimum atomic E-state index is -0.338. The van der Waals surface area contributed by atoms with E-state index in [9.17, 15) is 9.18 Å². The lowest BCUT2D eigenvalue weighted by Crippen LogP contribution is -2.30. The van der Waals surface area contributed by atoms with Gasteiger partial charge in [0.2, 0.25) is 11.8 Å². The van der Waals surface area contributed by atoms with Crippen LogP contribution in [0.3, 0.4) is 0 Å². The van der Waals surface area contributed by atoms with Crippen LogP contribution >= 0.6 is 0 Å². The van der Waals surface area contributed by atoms with Gasteiger partial charge < -0.3 is 9.84 Å². The standard InChI is InChI=1S/C18H20FN3O2/c1-11(2)16(18-21-17(22-24-18)13-6-7-13)20-15(23)10-5-12-3-8-14(19)9-4-12/h3-5,8-11,13,16H,6-7H2,1-2H3,(H,20,23). The van der Waals surface area contributed by atoms with Gasteiger partial charge in [-0.2, -0.15) is 4.98 Å². The molecule has 1 fully saturated rings. The minimum Gasteiger partial charge on any atom is -0.340 e. The molecule has 24 heavy (non-hydrogen) atoms. The summed E-state index contributed by atoms with van der Waals surface area (Å²) in [4.78, 5) is 16.6. The van der Waals surface area contributed by atoms with E-state index in [0.29, 0.717) is 11.8 Å². The minimum absolute atomic E-state index is 0.112. The third kappa shape index (κ3) is 4.07. The zero-order valence-corrected chi connectivity index (χ0v) is 13.7. The van der Waals surface area contributed by atoms with Crippen molar-refractivity contribution in [2.75, 3.05) is 0 Å². The summed E-state index contributed by atoms with van der Waals surface area (Å²) in [6.45, 7) is 3.96. The van der Waals surface area contributed by atoms with Crippen molar-refractivity contribution in [3.8, 4) is 0 Å². The summed E-state index contributed by atoms with van der Waals surface area (Å²) < 4.78 is 18.2. The second-order valence-electron chi connectivity index (χ2n) is 6.38. The topological polar surface area (TPSA) is 68.0 Å². The zero-order chi connectivity index (χ0) is 17.1. The third-order valence-corrected chi connectivity index (χ3v) is 3.93. The van der Waals surface area contributed by atoms with Gasteiger partial charge in [-0.05, 0) is 42.5 Å². The van der Waals surface area contributed by atoms with Gasteiger partial charge >= 0.3 is 0 Å². The summed E-state index contributed by atoms with van der Waals surface area (Å²) >= 11 is 0. The van der Waals surface area contributed by atoms with E-state index in [0.717, 1.165) is 24.2 Å². The first kappa shape index (κ1) is 16.4. The van der Waals surface area contributed by atoms with Gasteiger partial charge in [-0.25, -0.2) is 4.39 Å². The largest absolute Gasteiger partial charge is 0.340 e. The molecule has 126 valence electrons. The van der Waals surface area contributed by atoms with E-state index in [1.807, 2.05) is 13.8 Å². The Labute approximate surface area is 140 Å². The monoisotopic (exact) mass is 329 g/mol. The lowest BCUT2D eigenvalue weighted by Gasteiger charge is -2.17. The van der Waals surface area contributed by atoms with Crippen molar-refractivity contribution >= 4 is 12.0 Å². The van der Waals surface area contributed by atoms with E-state index in [1.165, 1.54) is 18.2 Å². The fourth-order valence-corrected chi connectivity index (χ4v) is 2.34. The molecule has 1 saturated carbocycles. The molecule has 1 amide bonds. The number of nitrogens with zero attached hydrogens (tertiary/aromatic N) is 2. The third-order valence-electron chi connectivity index (χ3n) is 3.93. The highest BCUT2D eigenvalue weighted by atomic mass is 19.1. The molecule has 1 aromatic carbocycles. The molecule has 0 bridgehead atoms. The Morgan fingerprint density at radius 3 is 2.67 bits per heavy atom. The number of halogens is 1. The van der Waals surface area contributed by atoms with Gasteiger partial charge in [0.05, 0.1) is 0 Å². The lowest BCUT2D eigenvalue weighted by atomic mass is 10.0. The number of carbonyl (C=O) groups is 1. The molecule has 2 aromatic rings. The van der Waals surface area contributed by atoms with Crippen molar-refractivity contribution in [2.45, 2.75) is 38.6 Å². The van der Waals surface area contributed by atoms with Crippen molar-refractivity contribution < 1.29 is 13.7 Å². The number of hydrogen-bond acceptors (Lipinski definition) is 4. The van der Waals surface area contributed by atoms with Crippen molar-refractivity contribution in [2.24, 2.45) is 5.92 Å². The highest BCUT2D eigenvalue weighted by Gasteiger charge is 2.31. The van der Waals surface area contributed by atoms with Gasteiger partial charge in [0, 0.05) is 12.0 Å². The van der Waals surface area contributed by atoms with Gasteiger partial charge in [0.1, 0.15) is 11.9 Å². The number of benzene rings is 1. The Kier molecular flexibility index (Phi) is 4.74. The normalized spacial score (nSPS) is 15.8. The molecule has 0 spiro atoms. The van der Waals surface area contributed by atoms with Gasteiger partial charge in [-0.15, -0.1) is 0 Å². The van der Waals surface area contributed by atoms with Crippen LogP contribution in [0, 0.1) is 11.7 Å². The number of nitrogens with one attached hydrogen (secondary N) is 1. The van der Waals surface area contributed by atoms with Crippen LogP contribution in [-0.2, 0) is 4.79 Å². The summed E-state index contributed by atoms with van der Waals surface area (Å²) in [7, 11) is 0. The number of rotatable bonds is 6. The molecule has 0 aliphatic heterocycles. The Balaban J connectivity index is 1.65. The van der Waals surface area contributed by atoms with E-state index in [-0.39, 0.29) is 23.7 Å². The fraction of sp³-hybridized carbons (Fsp3) is 0.389. The van der Waals surface area contributed by atoms with Crippen LogP contribution in [0.5, 0.6) is 0 Å². The van der Waals surface area contributed by atoms with Gasteiger partial charge in [0.25, 0.3) is 0 Å². The van der Waals surface area contributed by atoms with Crippen LogP contribution in [-0.4, -0.2) is 16.0 Å². The SMILES string of the molecule is CC(C)C(NC(=O)C=Cc1ccc(F)cc1)c1nc(C2CC2)no1. The summed E-state index contributed by atoms with van der Waals surface area (Å²) in [5.74, 6) is 1.12. The average Bonchev–Trinajstić information content (AvgIpc) is 3.30. The van der Waals surface area contributed by atoms with E-state index in [4.69, 9.17) is 4.52 Å². The summed E-state index contributed by atoms with van der Waals surface area (Å²) in [6, 6.07) is 5.59. The first-order chi connectivity index (χ1) is 11.5. The number of aromatic nitrogens is 2.